The predicted octanol–water partition coefficient (Wildman–Crippen LogP) is 2.59. The van der Waals surface area contributed by atoms with E-state index < -0.39 is 6.10 Å². The molecular formula is C17H23NO3. The van der Waals surface area contributed by atoms with E-state index in [1.807, 2.05) is 50.2 Å². The number of hydrogen-bond donors (Lipinski definition) is 2. The van der Waals surface area contributed by atoms with Gasteiger partial charge in [0.1, 0.15) is 24.2 Å². The van der Waals surface area contributed by atoms with Crippen LogP contribution in [0.25, 0.3) is 10.8 Å². The molecule has 0 saturated heterocycles. The van der Waals surface area contributed by atoms with E-state index >= 15 is 0 Å². The number of aliphatic hydroxyl groups excluding tert-OH is 1. The molecule has 0 unspecified atom stereocenters. The Bertz CT molecular complexity index is 583. The highest BCUT2D eigenvalue weighted by atomic mass is 16.5. The van der Waals surface area contributed by atoms with E-state index in [2.05, 4.69) is 5.32 Å². The molecule has 0 aromatic heterocycles. The zero-order valence-electron chi connectivity index (χ0n) is 12.8. The highest BCUT2D eigenvalue weighted by Gasteiger charge is 2.09. The minimum atomic E-state index is -0.534. The Morgan fingerprint density at radius 2 is 1.67 bits per heavy atom. The average molecular weight is 289 g/mol. The average Bonchev–Trinajstić information content (AvgIpc) is 2.50. The van der Waals surface area contributed by atoms with E-state index in [-0.39, 0.29) is 6.61 Å². The van der Waals surface area contributed by atoms with Crippen molar-refractivity contribution < 1.29 is 14.6 Å². The molecule has 0 saturated carbocycles. The molecule has 1 atom stereocenters. The van der Waals surface area contributed by atoms with Crippen LogP contribution in [0.15, 0.2) is 36.4 Å². The molecule has 0 amide bonds. The summed E-state index contributed by atoms with van der Waals surface area (Å²) in [5, 5.41) is 15.1. The van der Waals surface area contributed by atoms with Crippen LogP contribution >= 0.6 is 0 Å². The van der Waals surface area contributed by atoms with Crippen molar-refractivity contribution in [3.8, 4) is 11.5 Å². The Morgan fingerprint density at radius 3 is 2.29 bits per heavy atom. The predicted molar refractivity (Wildman–Crippen MR) is 85.1 cm³/mol. The monoisotopic (exact) mass is 289 g/mol. The maximum absolute atomic E-state index is 9.92. The number of hydrogen-bond acceptors (Lipinski definition) is 4. The molecule has 0 aliphatic rings. The van der Waals surface area contributed by atoms with Gasteiger partial charge < -0.3 is 19.9 Å². The van der Waals surface area contributed by atoms with E-state index in [4.69, 9.17) is 9.47 Å². The van der Waals surface area contributed by atoms with Gasteiger partial charge in [0.15, 0.2) is 0 Å². The summed E-state index contributed by atoms with van der Waals surface area (Å²) in [7, 11) is 1.66. The van der Waals surface area contributed by atoms with Gasteiger partial charge >= 0.3 is 0 Å². The molecule has 4 nitrogen and oxygen atoms in total. The lowest BCUT2D eigenvalue weighted by Gasteiger charge is -2.16. The van der Waals surface area contributed by atoms with Gasteiger partial charge in [-0.25, -0.2) is 0 Å². The zero-order chi connectivity index (χ0) is 15.2. The van der Waals surface area contributed by atoms with Gasteiger partial charge in [0.2, 0.25) is 0 Å². The molecule has 0 aliphatic heterocycles. The molecule has 0 aliphatic carbocycles. The number of rotatable bonds is 7. The van der Waals surface area contributed by atoms with Crippen LogP contribution in [0, 0.1) is 0 Å². The van der Waals surface area contributed by atoms with Crippen molar-refractivity contribution in [3.63, 3.8) is 0 Å². The molecule has 114 valence electrons. The molecule has 2 N–H and O–H groups in total. The summed E-state index contributed by atoms with van der Waals surface area (Å²) in [6.07, 6.45) is -0.534. The molecule has 0 radical (unpaired) electrons. The van der Waals surface area contributed by atoms with Gasteiger partial charge in [-0.1, -0.05) is 38.1 Å². The first-order valence-electron chi connectivity index (χ1n) is 7.21. The van der Waals surface area contributed by atoms with Crippen molar-refractivity contribution in [1.29, 1.82) is 0 Å². The third kappa shape index (κ3) is 4.09. The third-order valence-electron chi connectivity index (χ3n) is 3.25. The van der Waals surface area contributed by atoms with Crippen molar-refractivity contribution in [1.82, 2.24) is 5.32 Å². The highest BCUT2D eigenvalue weighted by molar-refractivity contribution is 5.93. The maximum atomic E-state index is 9.92. The topological polar surface area (TPSA) is 50.7 Å². The molecule has 0 bridgehead atoms. The third-order valence-corrected chi connectivity index (χ3v) is 3.25. The minimum Gasteiger partial charge on any atom is -0.496 e. The lowest BCUT2D eigenvalue weighted by atomic mass is 10.1. The Labute approximate surface area is 125 Å². The van der Waals surface area contributed by atoms with Crippen molar-refractivity contribution in [2.24, 2.45) is 0 Å². The van der Waals surface area contributed by atoms with Gasteiger partial charge in [0, 0.05) is 23.4 Å². The number of methoxy groups -OCH3 is 1. The number of benzene rings is 2. The van der Waals surface area contributed by atoms with Gasteiger partial charge in [-0.05, 0) is 12.1 Å². The van der Waals surface area contributed by atoms with Crippen molar-refractivity contribution in [2.45, 2.75) is 26.0 Å². The number of fused-ring (bicyclic) bond motifs is 1. The number of ether oxygens (including phenoxy) is 2. The normalized spacial score (nSPS) is 12.6. The lowest BCUT2D eigenvalue weighted by molar-refractivity contribution is 0.105. The first-order chi connectivity index (χ1) is 10.1. The second-order valence-electron chi connectivity index (χ2n) is 5.34. The Hall–Kier alpha value is -1.78. The van der Waals surface area contributed by atoms with Crippen molar-refractivity contribution in [3.05, 3.63) is 36.4 Å². The fraction of sp³-hybridized carbons (Fsp3) is 0.412. The van der Waals surface area contributed by atoms with Crippen LogP contribution in [0.4, 0.5) is 0 Å². The van der Waals surface area contributed by atoms with Crippen molar-refractivity contribution >= 4 is 10.8 Å². The standard InChI is InChI=1S/C17H23NO3/c1-12(2)18-10-13(19)11-21-17-9-5-6-14-15(17)7-4-8-16(14)20-3/h4-9,12-13,18-19H,10-11H2,1-3H3/t13-/m1/s1. The fourth-order valence-corrected chi connectivity index (χ4v) is 2.17. The first-order valence-corrected chi connectivity index (χ1v) is 7.21. The smallest absolute Gasteiger partial charge is 0.127 e. The van der Waals surface area contributed by atoms with Gasteiger partial charge in [0.25, 0.3) is 0 Å². The largest absolute Gasteiger partial charge is 0.496 e. The van der Waals surface area contributed by atoms with E-state index in [0.29, 0.717) is 12.6 Å². The van der Waals surface area contributed by atoms with Gasteiger partial charge in [-0.15, -0.1) is 0 Å². The highest BCUT2D eigenvalue weighted by Crippen LogP contribution is 2.31. The summed E-state index contributed by atoms with van der Waals surface area (Å²) in [6.45, 7) is 4.87. The van der Waals surface area contributed by atoms with Crippen LogP contribution in [-0.4, -0.2) is 37.5 Å². The molecular weight excluding hydrogens is 266 g/mol. The van der Waals surface area contributed by atoms with E-state index in [9.17, 15) is 5.11 Å². The van der Waals surface area contributed by atoms with Gasteiger partial charge in [0.05, 0.1) is 7.11 Å². The van der Waals surface area contributed by atoms with Gasteiger partial charge in [-0.3, -0.25) is 0 Å². The summed E-state index contributed by atoms with van der Waals surface area (Å²) in [6, 6.07) is 12.0. The SMILES string of the molecule is COc1cccc2c(OC[C@H](O)CNC(C)C)cccc12. The van der Waals surface area contributed by atoms with Crippen LogP contribution in [0.1, 0.15) is 13.8 Å². The Morgan fingerprint density at radius 1 is 1.05 bits per heavy atom. The molecule has 0 spiro atoms. The first kappa shape index (κ1) is 15.6. The number of aliphatic hydroxyl groups is 1. The van der Waals surface area contributed by atoms with Crippen LogP contribution in [-0.2, 0) is 0 Å². The van der Waals surface area contributed by atoms with Crippen LogP contribution in [0.2, 0.25) is 0 Å². The molecule has 0 heterocycles. The summed E-state index contributed by atoms with van der Waals surface area (Å²) in [4.78, 5) is 0. The zero-order valence-corrected chi connectivity index (χ0v) is 12.8. The van der Waals surface area contributed by atoms with E-state index in [0.717, 1.165) is 22.3 Å². The maximum Gasteiger partial charge on any atom is 0.127 e. The fourth-order valence-electron chi connectivity index (χ4n) is 2.17. The van der Waals surface area contributed by atoms with Crippen molar-refractivity contribution in [2.75, 3.05) is 20.3 Å². The molecule has 21 heavy (non-hydrogen) atoms. The summed E-state index contributed by atoms with van der Waals surface area (Å²) >= 11 is 0. The Balaban J connectivity index is 2.09. The van der Waals surface area contributed by atoms with E-state index in [1.165, 1.54) is 0 Å². The summed E-state index contributed by atoms with van der Waals surface area (Å²) in [5.74, 6) is 1.58. The Kier molecular flexibility index (Phi) is 5.42. The second-order valence-corrected chi connectivity index (χ2v) is 5.34. The summed E-state index contributed by atoms with van der Waals surface area (Å²) < 4.78 is 11.1. The van der Waals surface area contributed by atoms with Gasteiger partial charge in [-0.2, -0.15) is 0 Å². The minimum absolute atomic E-state index is 0.260. The molecule has 2 aromatic rings. The molecule has 2 rings (SSSR count). The van der Waals surface area contributed by atoms with Crippen LogP contribution in [0.5, 0.6) is 11.5 Å². The summed E-state index contributed by atoms with van der Waals surface area (Å²) in [5.41, 5.74) is 0. The van der Waals surface area contributed by atoms with Crippen LogP contribution < -0.4 is 14.8 Å². The quantitative estimate of drug-likeness (QED) is 0.822. The lowest BCUT2D eigenvalue weighted by Crippen LogP contribution is -2.35. The molecule has 2 aromatic carbocycles. The molecule has 0 fully saturated rings. The van der Waals surface area contributed by atoms with Crippen LogP contribution in [0.3, 0.4) is 0 Å². The second kappa shape index (κ2) is 7.29. The molecule has 4 heteroatoms. The van der Waals surface area contributed by atoms with E-state index in [1.54, 1.807) is 7.11 Å². The number of nitrogens with one attached hydrogen (secondary N) is 1.